The first-order chi connectivity index (χ1) is 19.3. The summed E-state index contributed by atoms with van der Waals surface area (Å²) in [6, 6.07) is 22.5. The summed E-state index contributed by atoms with van der Waals surface area (Å²) in [6.45, 7) is 10.0. The lowest BCUT2D eigenvalue weighted by Gasteiger charge is -2.32. The quantitative estimate of drug-likeness (QED) is 0.298. The van der Waals surface area contributed by atoms with Gasteiger partial charge in [0, 0.05) is 32.0 Å². The molecule has 0 aliphatic rings. The highest BCUT2D eigenvalue weighted by Crippen LogP contribution is 2.25. The number of carbonyl (C=O) groups is 2. The topological polar surface area (TPSA) is 86.8 Å². The third-order valence-electron chi connectivity index (χ3n) is 6.96. The molecule has 0 radical (unpaired) electrons. The number of rotatable bonds is 13. The van der Waals surface area contributed by atoms with Crippen LogP contribution in [0.1, 0.15) is 54.5 Å². The van der Waals surface area contributed by atoms with E-state index in [0.717, 1.165) is 27.8 Å². The first kappa shape index (κ1) is 31.9. The Balaban J connectivity index is 1.89. The maximum atomic E-state index is 13.9. The Labute approximate surface area is 245 Å². The van der Waals surface area contributed by atoms with Gasteiger partial charge in [0.2, 0.25) is 21.8 Å². The van der Waals surface area contributed by atoms with Gasteiger partial charge in [-0.25, -0.2) is 8.42 Å². The number of amides is 2. The summed E-state index contributed by atoms with van der Waals surface area (Å²) in [5.41, 5.74) is 5.41. The van der Waals surface area contributed by atoms with Gasteiger partial charge in [-0.1, -0.05) is 72.3 Å². The third kappa shape index (κ3) is 9.46. The molecule has 41 heavy (non-hydrogen) atoms. The molecule has 0 saturated heterocycles. The molecule has 1 N–H and O–H groups in total. The van der Waals surface area contributed by atoms with Crippen molar-refractivity contribution in [2.75, 3.05) is 17.1 Å². The molecule has 2 amide bonds. The van der Waals surface area contributed by atoms with E-state index in [1.807, 2.05) is 107 Å². The highest BCUT2D eigenvalue weighted by atomic mass is 32.2. The number of anilines is 1. The highest BCUT2D eigenvalue weighted by Gasteiger charge is 2.31. The first-order valence-electron chi connectivity index (χ1n) is 14.1. The number of nitrogens with one attached hydrogen (secondary N) is 1. The third-order valence-corrected chi connectivity index (χ3v) is 8.14. The van der Waals surface area contributed by atoms with Crippen molar-refractivity contribution in [1.82, 2.24) is 10.2 Å². The minimum atomic E-state index is -3.57. The summed E-state index contributed by atoms with van der Waals surface area (Å²) in [6.07, 6.45) is 1.97. The predicted molar refractivity (Wildman–Crippen MR) is 166 cm³/mol. The van der Waals surface area contributed by atoms with Crippen molar-refractivity contribution in [3.05, 3.63) is 101 Å². The van der Waals surface area contributed by atoms with Crippen LogP contribution >= 0.6 is 0 Å². The van der Waals surface area contributed by atoms with Gasteiger partial charge in [-0.2, -0.15) is 0 Å². The van der Waals surface area contributed by atoms with Crippen LogP contribution in [-0.4, -0.2) is 50.0 Å². The van der Waals surface area contributed by atoms with Crippen molar-refractivity contribution in [1.29, 1.82) is 0 Å². The number of hydrogen-bond donors (Lipinski definition) is 1. The van der Waals surface area contributed by atoms with Crippen molar-refractivity contribution in [3.8, 4) is 0 Å². The molecule has 0 spiro atoms. The number of aryl methyl sites for hydroxylation is 3. The molecule has 8 heteroatoms. The largest absolute Gasteiger partial charge is 0.352 e. The van der Waals surface area contributed by atoms with E-state index in [-0.39, 0.29) is 37.4 Å². The average Bonchev–Trinajstić information content (AvgIpc) is 2.90. The van der Waals surface area contributed by atoms with Crippen molar-refractivity contribution < 1.29 is 18.0 Å². The lowest BCUT2D eigenvalue weighted by molar-refractivity contribution is -0.141. The lowest BCUT2D eigenvalue weighted by atomic mass is 10.0. The Morgan fingerprint density at radius 2 is 1.49 bits per heavy atom. The van der Waals surface area contributed by atoms with E-state index >= 15 is 0 Å². The lowest BCUT2D eigenvalue weighted by Crippen LogP contribution is -2.51. The molecule has 0 aliphatic carbocycles. The molecule has 0 aromatic heterocycles. The van der Waals surface area contributed by atoms with Gasteiger partial charge in [0.05, 0.1) is 11.9 Å². The number of sulfonamides is 1. The molecule has 0 aliphatic heterocycles. The van der Waals surface area contributed by atoms with E-state index < -0.39 is 16.1 Å². The fourth-order valence-corrected chi connectivity index (χ4v) is 5.81. The van der Waals surface area contributed by atoms with Crippen LogP contribution in [0.15, 0.2) is 72.8 Å². The number of carbonyl (C=O) groups excluding carboxylic acids is 2. The van der Waals surface area contributed by atoms with Crippen LogP contribution < -0.4 is 9.62 Å². The monoisotopic (exact) mass is 577 g/mol. The Morgan fingerprint density at radius 3 is 2.10 bits per heavy atom. The normalized spacial score (nSPS) is 12.2. The van der Waals surface area contributed by atoms with E-state index in [1.54, 1.807) is 4.90 Å². The molecule has 3 aromatic carbocycles. The van der Waals surface area contributed by atoms with Crippen LogP contribution in [0.4, 0.5) is 5.69 Å². The van der Waals surface area contributed by atoms with Gasteiger partial charge in [-0.3, -0.25) is 13.9 Å². The summed E-state index contributed by atoms with van der Waals surface area (Å²) in [4.78, 5) is 29.1. The van der Waals surface area contributed by atoms with Crippen LogP contribution in [0.5, 0.6) is 0 Å². The summed E-state index contributed by atoms with van der Waals surface area (Å²) >= 11 is 0. The van der Waals surface area contributed by atoms with Gasteiger partial charge in [0.25, 0.3) is 0 Å². The second-order valence-electron chi connectivity index (χ2n) is 11.1. The van der Waals surface area contributed by atoms with Gasteiger partial charge in [0.15, 0.2) is 0 Å². The van der Waals surface area contributed by atoms with Crippen LogP contribution in [0, 0.1) is 20.8 Å². The molecule has 220 valence electrons. The average molecular weight is 578 g/mol. The molecule has 1 unspecified atom stereocenters. The molecule has 0 fully saturated rings. The van der Waals surface area contributed by atoms with Crippen molar-refractivity contribution >= 4 is 27.5 Å². The van der Waals surface area contributed by atoms with Gasteiger partial charge >= 0.3 is 0 Å². The summed E-state index contributed by atoms with van der Waals surface area (Å²) in [5, 5.41) is 3.00. The number of benzene rings is 3. The molecule has 0 heterocycles. The van der Waals surface area contributed by atoms with Crippen molar-refractivity contribution in [2.45, 2.75) is 72.5 Å². The van der Waals surface area contributed by atoms with Crippen molar-refractivity contribution in [2.24, 2.45) is 0 Å². The molecule has 3 aromatic rings. The Kier molecular flexibility index (Phi) is 11.1. The second-order valence-corrected chi connectivity index (χ2v) is 13.0. The van der Waals surface area contributed by atoms with Crippen LogP contribution in [-0.2, 0) is 32.6 Å². The van der Waals surface area contributed by atoms with Crippen molar-refractivity contribution in [3.63, 3.8) is 0 Å². The number of hydrogen-bond acceptors (Lipinski definition) is 4. The highest BCUT2D eigenvalue weighted by molar-refractivity contribution is 7.92. The van der Waals surface area contributed by atoms with E-state index in [9.17, 15) is 18.0 Å². The Hall–Kier alpha value is -3.65. The minimum absolute atomic E-state index is 0.0852. The number of nitrogens with zero attached hydrogens (tertiary/aromatic N) is 2. The van der Waals surface area contributed by atoms with Crippen LogP contribution in [0.25, 0.3) is 0 Å². The van der Waals surface area contributed by atoms with E-state index in [0.29, 0.717) is 18.5 Å². The van der Waals surface area contributed by atoms with E-state index in [2.05, 4.69) is 5.32 Å². The Bertz CT molecular complexity index is 1420. The Morgan fingerprint density at radius 1 is 0.854 bits per heavy atom. The van der Waals surface area contributed by atoms with E-state index in [4.69, 9.17) is 0 Å². The molecule has 0 saturated carbocycles. The van der Waals surface area contributed by atoms with Crippen LogP contribution in [0.2, 0.25) is 0 Å². The second kappa shape index (κ2) is 14.3. The van der Waals surface area contributed by atoms with Crippen LogP contribution in [0.3, 0.4) is 0 Å². The molecular weight excluding hydrogens is 534 g/mol. The zero-order valence-corrected chi connectivity index (χ0v) is 25.9. The molecule has 3 rings (SSSR count). The summed E-state index contributed by atoms with van der Waals surface area (Å²) < 4.78 is 26.9. The van der Waals surface area contributed by atoms with E-state index in [1.165, 1.54) is 10.6 Å². The zero-order valence-electron chi connectivity index (χ0n) is 25.1. The fraction of sp³-hybridized carbons (Fsp3) is 0.394. The minimum Gasteiger partial charge on any atom is -0.352 e. The molecule has 7 nitrogen and oxygen atoms in total. The fourth-order valence-electron chi connectivity index (χ4n) is 4.80. The maximum absolute atomic E-state index is 13.9. The maximum Gasteiger partial charge on any atom is 0.243 e. The predicted octanol–water partition coefficient (Wildman–Crippen LogP) is 5.32. The SMILES string of the molecule is Cc1ccc(CN(C(=O)CCCN(c2cc(C)ccc2C)S(C)(=O)=O)C(Cc2ccccc2)C(=O)NC(C)C)cc1. The molecule has 0 bridgehead atoms. The van der Waals surface area contributed by atoms with Gasteiger partial charge < -0.3 is 10.2 Å². The first-order valence-corrected chi connectivity index (χ1v) is 15.9. The van der Waals surface area contributed by atoms with Gasteiger partial charge in [0.1, 0.15) is 6.04 Å². The molecule has 1 atom stereocenters. The molecular formula is C33H43N3O4S. The van der Waals surface area contributed by atoms with Gasteiger partial charge in [-0.05, 0) is 69.4 Å². The summed E-state index contributed by atoms with van der Waals surface area (Å²) in [7, 11) is -3.57. The van der Waals surface area contributed by atoms with Gasteiger partial charge in [-0.15, -0.1) is 0 Å². The standard InChI is InChI=1S/C33H43N3O4S/c1-24(2)34-33(38)31(22-28-11-8-7-9-12-28)35(23-29-18-15-25(3)16-19-29)32(37)13-10-20-36(41(6,39)40)30-21-26(4)14-17-27(30)5/h7-9,11-12,14-19,21,24,31H,10,13,20,22-23H2,1-6H3,(H,34,38). The smallest absolute Gasteiger partial charge is 0.243 e. The summed E-state index contributed by atoms with van der Waals surface area (Å²) in [5.74, 6) is -0.405. The zero-order chi connectivity index (χ0) is 30.2.